The average molecular weight is 972 g/mol. The predicted molar refractivity (Wildman–Crippen MR) is 242 cm³/mol. The second-order valence-electron chi connectivity index (χ2n) is 14.4. The van der Waals surface area contributed by atoms with Crippen LogP contribution in [0.5, 0.6) is 11.5 Å². The lowest BCUT2D eigenvalue weighted by Crippen LogP contribution is -2.32. The first-order chi connectivity index (χ1) is 30.6. The van der Waals surface area contributed by atoms with Crippen molar-refractivity contribution in [2.75, 3.05) is 36.7 Å². The smallest absolute Gasteiger partial charge is 0.372 e. The van der Waals surface area contributed by atoms with E-state index < -0.39 is 56.6 Å². The lowest BCUT2D eigenvalue weighted by atomic mass is 9.93. The summed E-state index contributed by atoms with van der Waals surface area (Å²) < 4.78 is 40.5. The van der Waals surface area contributed by atoms with Crippen LogP contribution < -0.4 is 19.7 Å². The maximum Gasteiger partial charge on any atom is 0.372 e. The largest absolute Gasteiger partial charge is 0.480 e. The summed E-state index contributed by atoms with van der Waals surface area (Å²) >= 11 is 13.1. The van der Waals surface area contributed by atoms with E-state index in [1.807, 2.05) is 37.3 Å². The van der Waals surface area contributed by atoms with Gasteiger partial charge in [0.15, 0.2) is 17.5 Å². The molecule has 0 saturated carbocycles. The number of carbonyl (C=O) groups excluding carboxylic acids is 4. The Morgan fingerprint density at radius 1 is 0.875 bits per heavy atom. The van der Waals surface area contributed by atoms with Crippen LogP contribution in [0.2, 0.25) is 10.2 Å². The minimum atomic E-state index is -4.10. The Hall–Kier alpha value is -4.42. The van der Waals surface area contributed by atoms with E-state index in [0.29, 0.717) is 42.0 Å². The number of thioether (sulfide) groups is 1. The van der Waals surface area contributed by atoms with Gasteiger partial charge in [0, 0.05) is 34.6 Å². The Balaban J connectivity index is 0.000000284. The second-order valence-corrected chi connectivity index (χ2v) is 17.9. The number of nitrogens with one attached hydrogen (secondary N) is 1. The molecule has 2 aliphatic rings. The molecule has 0 radical (unpaired) electrons. The molecule has 21 heteroatoms. The topological polar surface area (TPSA) is 232 Å². The Labute approximate surface area is 385 Å². The van der Waals surface area contributed by atoms with E-state index in [0.717, 1.165) is 67.2 Å². The third-order valence-corrected chi connectivity index (χ3v) is 11.2. The van der Waals surface area contributed by atoms with E-state index in [1.54, 1.807) is 0 Å². The molecule has 0 bridgehead atoms. The summed E-state index contributed by atoms with van der Waals surface area (Å²) in [5.74, 6) is -2.45. The first-order valence-corrected chi connectivity index (χ1v) is 24.4. The molecule has 2 heterocycles. The molecule has 3 aromatic rings. The molecule has 1 aliphatic heterocycles. The number of carbonyl (C=O) groups is 5. The van der Waals surface area contributed by atoms with Gasteiger partial charge in [-0.15, -0.1) is 10.2 Å². The number of hydrogen-bond acceptors (Lipinski definition) is 13. The quantitative estimate of drug-likeness (QED) is 0.0337. The zero-order chi connectivity index (χ0) is 47.1. The van der Waals surface area contributed by atoms with Crippen LogP contribution in [0.1, 0.15) is 97.3 Å². The fraction of sp³-hybridized carbons (Fsp3) is 0.465. The molecular weight excluding hydrogens is 917 g/mol. The number of carboxylic acid groups (broad SMARTS) is 1. The molecule has 5 rings (SSSR count). The van der Waals surface area contributed by atoms with Crippen molar-refractivity contribution in [3.8, 4) is 22.8 Å². The van der Waals surface area contributed by atoms with Crippen LogP contribution in [0.25, 0.3) is 11.3 Å². The zero-order valence-corrected chi connectivity index (χ0v) is 38.9. The minimum Gasteiger partial charge on any atom is -0.480 e. The van der Waals surface area contributed by atoms with Gasteiger partial charge in [0.1, 0.15) is 17.3 Å². The highest BCUT2D eigenvalue weighted by Gasteiger charge is 2.41. The number of anilines is 1. The van der Waals surface area contributed by atoms with Crippen LogP contribution in [0, 0.1) is 5.82 Å². The van der Waals surface area contributed by atoms with Gasteiger partial charge in [0.05, 0.1) is 30.1 Å². The van der Waals surface area contributed by atoms with E-state index in [9.17, 15) is 32.9 Å². The molecule has 0 spiro atoms. The van der Waals surface area contributed by atoms with Crippen molar-refractivity contribution in [3.63, 3.8) is 0 Å². The summed E-state index contributed by atoms with van der Waals surface area (Å²) in [4.78, 5) is 76.2. The van der Waals surface area contributed by atoms with Crippen LogP contribution in [0.15, 0.2) is 59.7 Å². The van der Waals surface area contributed by atoms with Crippen molar-refractivity contribution in [3.05, 3.63) is 75.7 Å². The molecule has 2 aromatic carbocycles. The molecule has 4 N–H and O–H groups in total. The monoisotopic (exact) mass is 970 g/mol. The maximum atomic E-state index is 14.5. The van der Waals surface area contributed by atoms with E-state index in [2.05, 4.69) is 22.4 Å². The molecule has 64 heavy (non-hydrogen) atoms. The Morgan fingerprint density at radius 3 is 2.12 bits per heavy atom. The number of carboxylic acids is 1. The number of nitrogens with zero attached hydrogens (tertiary/aromatic N) is 3. The van der Waals surface area contributed by atoms with Crippen LogP contribution in [-0.4, -0.2) is 85.9 Å². The number of aromatic nitrogens is 2. The highest BCUT2D eigenvalue weighted by molar-refractivity contribution is 8.13. The third-order valence-electron chi connectivity index (χ3n) is 9.27. The van der Waals surface area contributed by atoms with Crippen LogP contribution >= 0.6 is 42.6 Å². The Bertz CT molecular complexity index is 2100. The first-order valence-electron chi connectivity index (χ1n) is 20.8. The van der Waals surface area contributed by atoms with E-state index >= 15 is 0 Å². The highest BCUT2D eigenvalue weighted by atomic mass is 35.5. The number of aliphatic carboxylic acids is 1. The SMILES string of the molecule is CCCCCCCCSC(=O)Oc1cc(Cl)nnc1-c1ccccc1.CCCCCOC(=O)COc1cc(N2C(=O)C3=C(CCCC3)C2=O)c(F)cc1Cl.O=C(O)CNCP(=O)(O)O. The second kappa shape index (κ2) is 28.5. The normalized spacial score (nSPS) is 13.3. The molecule has 2 amide bonds. The number of amides is 2. The van der Waals surface area contributed by atoms with Crippen LogP contribution in [0.4, 0.5) is 14.9 Å². The maximum absolute atomic E-state index is 14.5. The number of esters is 1. The molecule has 0 atom stereocenters. The number of halogens is 3. The molecule has 0 fully saturated rings. The average Bonchev–Trinajstić information content (AvgIpc) is 3.50. The van der Waals surface area contributed by atoms with Crippen LogP contribution in [-0.2, 0) is 28.5 Å². The molecule has 0 unspecified atom stereocenters. The zero-order valence-electron chi connectivity index (χ0n) is 35.7. The molecule has 1 aliphatic carbocycles. The lowest BCUT2D eigenvalue weighted by molar-refractivity contribution is -0.146. The lowest BCUT2D eigenvalue weighted by Gasteiger charge is -2.18. The summed E-state index contributed by atoms with van der Waals surface area (Å²) in [5, 5.41) is 17.8. The number of hydrogen-bond donors (Lipinski definition) is 4. The van der Waals surface area contributed by atoms with Gasteiger partial charge in [-0.25, -0.2) is 18.9 Å². The highest BCUT2D eigenvalue weighted by Crippen LogP contribution is 2.40. The fourth-order valence-electron chi connectivity index (χ4n) is 6.17. The van der Waals surface area contributed by atoms with Crippen molar-refractivity contribution in [1.29, 1.82) is 0 Å². The van der Waals surface area contributed by atoms with Gasteiger partial charge in [-0.3, -0.25) is 24.3 Å². The Morgan fingerprint density at radius 2 is 1.50 bits per heavy atom. The third kappa shape index (κ3) is 19.0. The summed E-state index contributed by atoms with van der Waals surface area (Å²) in [6, 6.07) is 13.1. The fourth-order valence-corrected chi connectivity index (χ4v) is 7.58. The van der Waals surface area contributed by atoms with Gasteiger partial charge in [-0.1, -0.05) is 112 Å². The van der Waals surface area contributed by atoms with Crippen molar-refractivity contribution >= 4 is 77.3 Å². The van der Waals surface area contributed by atoms with Gasteiger partial charge in [-0.2, -0.15) is 0 Å². The van der Waals surface area contributed by atoms with Crippen LogP contribution in [0.3, 0.4) is 0 Å². The summed E-state index contributed by atoms with van der Waals surface area (Å²) in [6.45, 7) is 3.70. The van der Waals surface area contributed by atoms with Gasteiger partial charge in [0.2, 0.25) is 0 Å². The van der Waals surface area contributed by atoms with Gasteiger partial charge >= 0.3 is 24.8 Å². The predicted octanol–water partition coefficient (Wildman–Crippen LogP) is 9.52. The molecule has 0 saturated heterocycles. The van der Waals surface area contributed by atoms with E-state index in [4.69, 9.17) is 52.3 Å². The standard InChI is InChI=1S/C21H23ClFNO5.C19H23ClN2O2S.C3H8NO5P/c1-2-3-6-9-28-19(25)12-29-18-11-17(16(23)10-15(18)22)24-20(26)13-7-4-5-8-14(13)21(24)27;1-2-3-4-5-6-10-13-25-19(23)24-16-14-17(20)21-22-18(16)15-11-8-7-9-12-15;5-3(6)1-4-2-10(7,8)9/h10-11H,2-9,12H2,1H3;7-9,11-12,14H,2-6,10,13H2,1H3;4H,1-2H2,(H,5,6)(H2,7,8,9). The molecular formula is C43H54Cl2FN4O12PS. The van der Waals surface area contributed by atoms with Crippen molar-refractivity contribution in [2.45, 2.75) is 97.3 Å². The number of imide groups is 1. The van der Waals surface area contributed by atoms with E-state index in [-0.39, 0.29) is 26.9 Å². The van der Waals surface area contributed by atoms with E-state index in [1.165, 1.54) is 49.6 Å². The number of unbranched alkanes of at least 4 members (excludes halogenated alkanes) is 7. The number of ether oxygens (including phenoxy) is 3. The first kappa shape index (κ1) is 53.9. The number of benzene rings is 2. The van der Waals surface area contributed by atoms with Crippen molar-refractivity contribution < 1.29 is 62.0 Å². The molecule has 16 nitrogen and oxygen atoms in total. The Kier molecular flexibility index (Phi) is 24.0. The van der Waals surface area contributed by atoms with Crippen molar-refractivity contribution in [2.24, 2.45) is 0 Å². The number of rotatable bonds is 21. The van der Waals surface area contributed by atoms with Gasteiger partial charge in [0.25, 0.3) is 11.8 Å². The summed E-state index contributed by atoms with van der Waals surface area (Å²) in [6.07, 6.45) is 12.0. The summed E-state index contributed by atoms with van der Waals surface area (Å²) in [7, 11) is -4.10. The summed E-state index contributed by atoms with van der Waals surface area (Å²) in [5.41, 5.74) is 2.02. The minimum absolute atomic E-state index is 0.000883. The molecule has 1 aromatic heterocycles. The van der Waals surface area contributed by atoms with Gasteiger partial charge in [-0.05, 0) is 56.4 Å². The van der Waals surface area contributed by atoms with Gasteiger partial charge < -0.3 is 29.1 Å². The molecule has 350 valence electrons. The van der Waals surface area contributed by atoms with Crippen molar-refractivity contribution in [1.82, 2.24) is 15.5 Å².